The zero-order valence-electron chi connectivity index (χ0n) is 13.1. The van der Waals surface area contributed by atoms with Crippen molar-refractivity contribution in [1.82, 2.24) is 10.3 Å². The molecule has 4 nitrogen and oxygen atoms in total. The minimum atomic E-state index is 0.327. The summed E-state index contributed by atoms with van der Waals surface area (Å²) in [4.78, 5) is 4.67. The van der Waals surface area contributed by atoms with Crippen LogP contribution in [0, 0.1) is 0 Å². The van der Waals surface area contributed by atoms with Gasteiger partial charge in [-0.25, -0.2) is 4.98 Å². The van der Waals surface area contributed by atoms with E-state index >= 15 is 0 Å². The van der Waals surface area contributed by atoms with Crippen molar-refractivity contribution in [2.75, 3.05) is 20.3 Å². The molecule has 0 spiro atoms. The molecule has 0 bridgehead atoms. The number of hydrogen-bond acceptors (Lipinski definition) is 4. The largest absolute Gasteiger partial charge is 0.440 e. The van der Waals surface area contributed by atoms with Gasteiger partial charge in [-0.1, -0.05) is 19.9 Å². The molecule has 0 radical (unpaired) electrons. The molecule has 4 heteroatoms. The van der Waals surface area contributed by atoms with E-state index in [1.54, 1.807) is 7.11 Å². The van der Waals surface area contributed by atoms with Gasteiger partial charge in [0.1, 0.15) is 5.52 Å². The summed E-state index contributed by atoms with van der Waals surface area (Å²) in [7, 11) is 1.72. The summed E-state index contributed by atoms with van der Waals surface area (Å²) in [6, 6.07) is 4.44. The monoisotopic (exact) mass is 288 g/mol. The van der Waals surface area contributed by atoms with Crippen LogP contribution in [0.4, 0.5) is 0 Å². The normalized spacial score (nSPS) is 15.2. The molecule has 0 aliphatic heterocycles. The van der Waals surface area contributed by atoms with Crippen molar-refractivity contribution in [2.24, 2.45) is 0 Å². The molecule has 0 atom stereocenters. The fourth-order valence-corrected chi connectivity index (χ4v) is 2.59. The van der Waals surface area contributed by atoms with Crippen molar-refractivity contribution < 1.29 is 9.15 Å². The molecule has 3 rings (SSSR count). The van der Waals surface area contributed by atoms with Crippen LogP contribution in [-0.4, -0.2) is 25.2 Å². The lowest BCUT2D eigenvalue weighted by Gasteiger charge is -2.07. The van der Waals surface area contributed by atoms with Gasteiger partial charge in [0.2, 0.25) is 0 Å². The molecule has 1 N–H and O–H groups in total. The quantitative estimate of drug-likeness (QED) is 0.791. The summed E-state index contributed by atoms with van der Waals surface area (Å²) in [6.07, 6.45) is 2.54. The Bertz CT molecular complexity index is 615. The van der Waals surface area contributed by atoms with E-state index < -0.39 is 0 Å². The zero-order chi connectivity index (χ0) is 14.8. The minimum Gasteiger partial charge on any atom is -0.440 e. The first-order valence-electron chi connectivity index (χ1n) is 7.82. The second-order valence-electron chi connectivity index (χ2n) is 6.18. The van der Waals surface area contributed by atoms with Gasteiger partial charge >= 0.3 is 0 Å². The van der Waals surface area contributed by atoms with E-state index in [4.69, 9.17) is 9.15 Å². The first-order valence-corrected chi connectivity index (χ1v) is 7.82. The molecular weight excluding hydrogens is 264 g/mol. The SMILES string of the molecule is COCCNCc1cc(C2CC2)c2oc(C(C)C)nc2c1. The summed E-state index contributed by atoms with van der Waals surface area (Å²) >= 11 is 0. The fraction of sp³-hybridized carbons (Fsp3) is 0.588. The van der Waals surface area contributed by atoms with Crippen molar-refractivity contribution in [2.45, 2.75) is 45.1 Å². The average molecular weight is 288 g/mol. The van der Waals surface area contributed by atoms with Gasteiger partial charge < -0.3 is 14.5 Å². The summed E-state index contributed by atoms with van der Waals surface area (Å²) in [6.45, 7) is 6.69. The highest BCUT2D eigenvalue weighted by molar-refractivity contribution is 5.78. The van der Waals surface area contributed by atoms with Crippen LogP contribution in [-0.2, 0) is 11.3 Å². The third-order valence-electron chi connectivity index (χ3n) is 3.92. The maximum Gasteiger partial charge on any atom is 0.198 e. The number of nitrogens with one attached hydrogen (secondary N) is 1. The molecule has 0 saturated heterocycles. The average Bonchev–Trinajstić information content (AvgIpc) is 3.21. The molecule has 1 aromatic heterocycles. The summed E-state index contributed by atoms with van der Waals surface area (Å²) < 4.78 is 11.1. The topological polar surface area (TPSA) is 47.3 Å². The molecule has 2 aromatic rings. The Morgan fingerprint density at radius 1 is 1.38 bits per heavy atom. The maximum absolute atomic E-state index is 6.01. The van der Waals surface area contributed by atoms with E-state index in [1.165, 1.54) is 24.0 Å². The van der Waals surface area contributed by atoms with Crippen LogP contribution >= 0.6 is 0 Å². The third kappa shape index (κ3) is 3.27. The Morgan fingerprint density at radius 2 is 2.19 bits per heavy atom. The van der Waals surface area contributed by atoms with Crippen molar-refractivity contribution in [3.8, 4) is 0 Å². The van der Waals surface area contributed by atoms with Gasteiger partial charge in [0.05, 0.1) is 6.61 Å². The van der Waals surface area contributed by atoms with Crippen molar-refractivity contribution in [1.29, 1.82) is 0 Å². The van der Waals surface area contributed by atoms with Crippen LogP contribution < -0.4 is 5.32 Å². The molecule has 0 unspecified atom stereocenters. The van der Waals surface area contributed by atoms with Gasteiger partial charge in [0.15, 0.2) is 11.5 Å². The van der Waals surface area contributed by atoms with E-state index in [9.17, 15) is 0 Å². The number of ether oxygens (including phenoxy) is 1. The predicted octanol–water partition coefficient (Wildman–Crippen LogP) is 3.56. The van der Waals surface area contributed by atoms with Gasteiger partial charge in [0.25, 0.3) is 0 Å². The van der Waals surface area contributed by atoms with Crippen LogP contribution in [0.25, 0.3) is 11.1 Å². The molecule has 114 valence electrons. The number of hydrogen-bond donors (Lipinski definition) is 1. The van der Waals surface area contributed by atoms with Gasteiger partial charge in [-0.05, 0) is 30.4 Å². The van der Waals surface area contributed by atoms with E-state index in [-0.39, 0.29) is 0 Å². The van der Waals surface area contributed by atoms with Crippen LogP contribution in [0.5, 0.6) is 0 Å². The second kappa shape index (κ2) is 6.16. The van der Waals surface area contributed by atoms with Gasteiger partial charge in [-0.15, -0.1) is 0 Å². The number of rotatable bonds is 7. The lowest BCUT2D eigenvalue weighted by atomic mass is 10.1. The second-order valence-corrected chi connectivity index (χ2v) is 6.18. The van der Waals surface area contributed by atoms with E-state index in [0.717, 1.165) is 36.7 Å². The Labute approximate surface area is 125 Å². The summed E-state index contributed by atoms with van der Waals surface area (Å²) in [5.74, 6) is 1.84. The number of oxazole rings is 1. The molecule has 1 aromatic carbocycles. The van der Waals surface area contributed by atoms with E-state index in [0.29, 0.717) is 11.8 Å². The van der Waals surface area contributed by atoms with Crippen molar-refractivity contribution in [3.05, 3.63) is 29.2 Å². The molecular formula is C17H24N2O2. The third-order valence-corrected chi connectivity index (χ3v) is 3.92. The van der Waals surface area contributed by atoms with E-state index in [1.807, 2.05) is 0 Å². The number of benzene rings is 1. The maximum atomic E-state index is 6.01. The first-order chi connectivity index (χ1) is 10.2. The summed E-state index contributed by atoms with van der Waals surface area (Å²) in [5.41, 5.74) is 4.63. The minimum absolute atomic E-state index is 0.327. The summed E-state index contributed by atoms with van der Waals surface area (Å²) in [5, 5.41) is 3.40. The molecule has 1 saturated carbocycles. The van der Waals surface area contributed by atoms with Crippen molar-refractivity contribution in [3.63, 3.8) is 0 Å². The number of methoxy groups -OCH3 is 1. The molecule has 1 aliphatic carbocycles. The smallest absolute Gasteiger partial charge is 0.198 e. The van der Waals surface area contributed by atoms with Crippen LogP contribution in [0.15, 0.2) is 16.5 Å². The Balaban J connectivity index is 1.87. The molecule has 21 heavy (non-hydrogen) atoms. The van der Waals surface area contributed by atoms with Crippen LogP contribution in [0.3, 0.4) is 0 Å². The van der Waals surface area contributed by atoms with Gasteiger partial charge in [0, 0.05) is 31.7 Å². The standard InChI is InChI=1S/C17H24N2O2/c1-11(2)17-19-15-9-12(10-18-6-7-20-3)8-14(13-4-5-13)16(15)21-17/h8-9,11,13,18H,4-7,10H2,1-3H3. The Hall–Kier alpha value is -1.39. The zero-order valence-corrected chi connectivity index (χ0v) is 13.1. The molecule has 1 fully saturated rings. The number of fused-ring (bicyclic) bond motifs is 1. The molecule has 0 amide bonds. The van der Waals surface area contributed by atoms with Gasteiger partial charge in [-0.2, -0.15) is 0 Å². The number of nitrogens with zero attached hydrogens (tertiary/aromatic N) is 1. The number of aromatic nitrogens is 1. The predicted molar refractivity (Wildman–Crippen MR) is 83.7 cm³/mol. The molecule has 1 aliphatic rings. The Morgan fingerprint density at radius 3 is 2.86 bits per heavy atom. The molecule has 1 heterocycles. The first kappa shape index (κ1) is 14.5. The fourth-order valence-electron chi connectivity index (χ4n) is 2.59. The van der Waals surface area contributed by atoms with Crippen LogP contribution in [0.2, 0.25) is 0 Å². The highest BCUT2D eigenvalue weighted by Gasteiger charge is 2.28. The Kier molecular flexibility index (Phi) is 4.27. The highest BCUT2D eigenvalue weighted by atomic mass is 16.5. The van der Waals surface area contributed by atoms with Gasteiger partial charge in [-0.3, -0.25) is 0 Å². The van der Waals surface area contributed by atoms with Crippen molar-refractivity contribution >= 4 is 11.1 Å². The lowest BCUT2D eigenvalue weighted by molar-refractivity contribution is 0.199. The lowest BCUT2D eigenvalue weighted by Crippen LogP contribution is -2.18. The van der Waals surface area contributed by atoms with Crippen LogP contribution in [0.1, 0.15) is 55.5 Å². The van der Waals surface area contributed by atoms with E-state index in [2.05, 4.69) is 36.3 Å². The highest BCUT2D eigenvalue weighted by Crippen LogP contribution is 2.44.